The third-order valence-corrected chi connectivity index (χ3v) is 2.60. The van der Waals surface area contributed by atoms with Gasteiger partial charge in [0, 0.05) is 0 Å². The van der Waals surface area contributed by atoms with E-state index in [4.69, 9.17) is 10.00 Å². The minimum Gasteiger partial charge on any atom is -0.478 e. The van der Waals surface area contributed by atoms with Crippen molar-refractivity contribution in [2.75, 3.05) is 7.11 Å². The molecule has 4 heteroatoms. The number of aryl methyl sites for hydroxylation is 1. The zero-order valence-corrected chi connectivity index (χ0v) is 8.90. The Morgan fingerprint density at radius 3 is 3.12 bits per heavy atom. The lowest BCUT2D eigenvalue weighted by Gasteiger charge is -2.24. The van der Waals surface area contributed by atoms with Crippen molar-refractivity contribution < 1.29 is 14.3 Å². The van der Waals surface area contributed by atoms with Gasteiger partial charge in [0.05, 0.1) is 18.7 Å². The Morgan fingerprint density at radius 1 is 1.62 bits per heavy atom. The van der Waals surface area contributed by atoms with E-state index in [9.17, 15) is 4.79 Å². The highest BCUT2D eigenvalue weighted by Crippen LogP contribution is 2.28. The fraction of sp³-hybridized carbons (Fsp3) is 0.333. The van der Waals surface area contributed by atoms with Crippen LogP contribution in [0.1, 0.15) is 17.5 Å². The Labute approximate surface area is 93.4 Å². The van der Waals surface area contributed by atoms with Crippen molar-refractivity contribution >= 4 is 5.97 Å². The third kappa shape index (κ3) is 1.84. The SMILES string of the molecule is COC(=O)[C@@H]1CCc2cc(C#N)ccc2O1. The highest BCUT2D eigenvalue weighted by Gasteiger charge is 2.26. The minimum absolute atomic E-state index is 0.352. The zero-order chi connectivity index (χ0) is 11.5. The molecule has 0 radical (unpaired) electrons. The minimum atomic E-state index is -0.523. The molecule has 1 aliphatic rings. The van der Waals surface area contributed by atoms with Gasteiger partial charge in [-0.3, -0.25) is 0 Å². The lowest BCUT2D eigenvalue weighted by Crippen LogP contribution is -2.32. The van der Waals surface area contributed by atoms with Crippen LogP contribution in [0.25, 0.3) is 0 Å². The van der Waals surface area contributed by atoms with Crippen molar-refractivity contribution in [2.45, 2.75) is 18.9 Å². The molecular formula is C12H11NO3. The van der Waals surface area contributed by atoms with Gasteiger partial charge in [0.15, 0.2) is 6.10 Å². The summed E-state index contributed by atoms with van der Waals surface area (Å²) in [4.78, 5) is 11.3. The van der Waals surface area contributed by atoms with Gasteiger partial charge in [-0.15, -0.1) is 0 Å². The molecule has 1 aromatic carbocycles. The van der Waals surface area contributed by atoms with Gasteiger partial charge in [-0.05, 0) is 36.6 Å². The van der Waals surface area contributed by atoms with Gasteiger partial charge in [0.1, 0.15) is 5.75 Å². The fourth-order valence-corrected chi connectivity index (χ4v) is 1.76. The van der Waals surface area contributed by atoms with E-state index in [1.54, 1.807) is 18.2 Å². The maximum atomic E-state index is 11.3. The predicted octanol–water partition coefficient (Wildman–Crippen LogP) is 1.42. The smallest absolute Gasteiger partial charge is 0.347 e. The maximum absolute atomic E-state index is 11.3. The predicted molar refractivity (Wildman–Crippen MR) is 55.9 cm³/mol. The summed E-state index contributed by atoms with van der Waals surface area (Å²) >= 11 is 0. The first kappa shape index (κ1) is 10.5. The molecule has 0 N–H and O–H groups in total. The Morgan fingerprint density at radius 2 is 2.44 bits per heavy atom. The van der Waals surface area contributed by atoms with Gasteiger partial charge in [-0.2, -0.15) is 5.26 Å². The van der Waals surface area contributed by atoms with Crippen molar-refractivity contribution in [2.24, 2.45) is 0 Å². The second-order valence-electron chi connectivity index (χ2n) is 3.60. The van der Waals surface area contributed by atoms with Gasteiger partial charge >= 0.3 is 5.97 Å². The normalized spacial score (nSPS) is 17.9. The molecule has 4 nitrogen and oxygen atoms in total. The van der Waals surface area contributed by atoms with E-state index < -0.39 is 6.10 Å². The third-order valence-electron chi connectivity index (χ3n) is 2.60. The van der Waals surface area contributed by atoms with E-state index in [1.807, 2.05) is 0 Å². The Balaban J connectivity index is 2.23. The van der Waals surface area contributed by atoms with Gasteiger partial charge in [0.2, 0.25) is 0 Å². The molecule has 1 aromatic rings. The van der Waals surface area contributed by atoms with E-state index in [0.29, 0.717) is 17.7 Å². The van der Waals surface area contributed by atoms with Crippen molar-refractivity contribution in [1.29, 1.82) is 5.26 Å². The molecule has 0 spiro atoms. The molecule has 1 atom stereocenters. The van der Waals surface area contributed by atoms with Crippen LogP contribution in [0, 0.1) is 11.3 Å². The van der Waals surface area contributed by atoms with Crippen LogP contribution in [-0.4, -0.2) is 19.2 Å². The summed E-state index contributed by atoms with van der Waals surface area (Å²) in [6.45, 7) is 0. The van der Waals surface area contributed by atoms with Crippen LogP contribution in [-0.2, 0) is 16.0 Å². The molecule has 2 rings (SSSR count). The van der Waals surface area contributed by atoms with Crippen LogP contribution >= 0.6 is 0 Å². The van der Waals surface area contributed by atoms with E-state index in [-0.39, 0.29) is 5.97 Å². The molecule has 0 amide bonds. The molecule has 0 aromatic heterocycles. The monoisotopic (exact) mass is 217 g/mol. The highest BCUT2D eigenvalue weighted by atomic mass is 16.6. The zero-order valence-electron chi connectivity index (χ0n) is 8.90. The molecule has 1 heterocycles. The average Bonchev–Trinajstić information content (AvgIpc) is 2.36. The first-order chi connectivity index (χ1) is 7.74. The van der Waals surface area contributed by atoms with Crippen molar-refractivity contribution in [3.63, 3.8) is 0 Å². The number of rotatable bonds is 1. The Bertz CT molecular complexity index is 462. The largest absolute Gasteiger partial charge is 0.478 e. The molecule has 82 valence electrons. The lowest BCUT2D eigenvalue weighted by molar-refractivity contribution is -0.149. The van der Waals surface area contributed by atoms with Crippen molar-refractivity contribution in [3.8, 4) is 11.8 Å². The summed E-state index contributed by atoms with van der Waals surface area (Å²) in [6.07, 6.45) is 0.796. The lowest BCUT2D eigenvalue weighted by atomic mass is 10.0. The molecule has 0 bridgehead atoms. The maximum Gasteiger partial charge on any atom is 0.347 e. The second kappa shape index (κ2) is 4.23. The van der Waals surface area contributed by atoms with E-state index in [0.717, 1.165) is 12.0 Å². The number of benzene rings is 1. The number of ether oxygens (including phenoxy) is 2. The van der Waals surface area contributed by atoms with Gasteiger partial charge in [-0.1, -0.05) is 0 Å². The number of hydrogen-bond donors (Lipinski definition) is 0. The standard InChI is InChI=1S/C12H11NO3/c1-15-12(14)11-5-3-9-6-8(7-13)2-4-10(9)16-11/h2,4,6,11H,3,5H2,1H3/t11-/m0/s1. The van der Waals surface area contributed by atoms with Crippen molar-refractivity contribution in [3.05, 3.63) is 29.3 Å². The number of esters is 1. The van der Waals surface area contributed by atoms with E-state index in [1.165, 1.54) is 7.11 Å². The number of nitriles is 1. The second-order valence-corrected chi connectivity index (χ2v) is 3.60. The molecule has 16 heavy (non-hydrogen) atoms. The quantitative estimate of drug-likeness (QED) is 0.667. The molecule has 0 saturated heterocycles. The van der Waals surface area contributed by atoms with Crippen LogP contribution in [0.2, 0.25) is 0 Å². The number of carbonyl (C=O) groups is 1. The molecule has 0 aliphatic carbocycles. The van der Waals surface area contributed by atoms with Gasteiger partial charge < -0.3 is 9.47 Å². The van der Waals surface area contributed by atoms with E-state index >= 15 is 0 Å². The summed E-state index contributed by atoms with van der Waals surface area (Å²) in [6, 6.07) is 7.27. The van der Waals surface area contributed by atoms with Crippen molar-refractivity contribution in [1.82, 2.24) is 0 Å². The molecule has 0 fully saturated rings. The summed E-state index contributed by atoms with van der Waals surface area (Å²) in [7, 11) is 1.35. The molecule has 0 unspecified atom stereocenters. The average molecular weight is 217 g/mol. The topological polar surface area (TPSA) is 59.3 Å². The van der Waals surface area contributed by atoms with E-state index in [2.05, 4.69) is 10.8 Å². The number of carbonyl (C=O) groups excluding carboxylic acids is 1. The van der Waals surface area contributed by atoms with Crippen LogP contribution in [0.3, 0.4) is 0 Å². The molecular weight excluding hydrogens is 206 g/mol. The highest BCUT2D eigenvalue weighted by molar-refractivity contribution is 5.75. The number of hydrogen-bond acceptors (Lipinski definition) is 4. The first-order valence-electron chi connectivity index (χ1n) is 5.02. The summed E-state index contributed by atoms with van der Waals surface area (Å²) < 4.78 is 10.1. The molecule has 0 saturated carbocycles. The fourth-order valence-electron chi connectivity index (χ4n) is 1.76. The van der Waals surface area contributed by atoms with Gasteiger partial charge in [0.25, 0.3) is 0 Å². The van der Waals surface area contributed by atoms with Crippen LogP contribution in [0.15, 0.2) is 18.2 Å². The van der Waals surface area contributed by atoms with Gasteiger partial charge in [-0.25, -0.2) is 4.79 Å². The Hall–Kier alpha value is -2.02. The summed E-state index contributed by atoms with van der Waals surface area (Å²) in [5.41, 5.74) is 1.58. The summed E-state index contributed by atoms with van der Waals surface area (Å²) in [5, 5.41) is 8.75. The number of nitrogens with zero attached hydrogens (tertiary/aromatic N) is 1. The van der Waals surface area contributed by atoms with Crippen LogP contribution in [0.5, 0.6) is 5.75 Å². The molecule has 1 aliphatic heterocycles. The van der Waals surface area contributed by atoms with Crippen LogP contribution in [0.4, 0.5) is 0 Å². The summed E-state index contributed by atoms with van der Waals surface area (Å²) in [5.74, 6) is 0.315. The number of methoxy groups -OCH3 is 1. The number of fused-ring (bicyclic) bond motifs is 1. The first-order valence-corrected chi connectivity index (χ1v) is 5.02. The Kier molecular flexibility index (Phi) is 2.78. The van der Waals surface area contributed by atoms with Crippen LogP contribution < -0.4 is 4.74 Å².